The molecule has 1 amide bonds. The Hall–Kier alpha value is -2.30. The first-order valence-electron chi connectivity index (χ1n) is 11.5. The molecule has 2 fully saturated rings. The van der Waals surface area contributed by atoms with E-state index < -0.39 is 0 Å². The van der Waals surface area contributed by atoms with Gasteiger partial charge in [-0.1, -0.05) is 6.07 Å². The van der Waals surface area contributed by atoms with Crippen molar-refractivity contribution in [1.29, 1.82) is 0 Å². The van der Waals surface area contributed by atoms with E-state index in [0.717, 1.165) is 67.3 Å². The summed E-state index contributed by atoms with van der Waals surface area (Å²) in [7, 11) is 0. The van der Waals surface area contributed by atoms with Crippen LogP contribution in [0, 0.1) is 6.92 Å². The van der Waals surface area contributed by atoms with E-state index in [0.29, 0.717) is 11.1 Å². The molecule has 0 radical (unpaired) electrons. The Labute approximate surface area is 222 Å². The molecule has 0 unspecified atom stereocenters. The van der Waals surface area contributed by atoms with Crippen LogP contribution in [0.2, 0.25) is 0 Å². The summed E-state index contributed by atoms with van der Waals surface area (Å²) in [5.74, 6) is 3.98. The minimum absolute atomic E-state index is 0. The summed E-state index contributed by atoms with van der Waals surface area (Å²) in [5, 5.41) is 7.19. The molecule has 8 nitrogen and oxygen atoms in total. The first-order chi connectivity index (χ1) is 16.1. The maximum Gasteiger partial charge on any atom is 0.256 e. The molecule has 1 atom stereocenters. The van der Waals surface area contributed by atoms with E-state index >= 15 is 0 Å². The van der Waals surface area contributed by atoms with Crippen LogP contribution in [0.3, 0.4) is 0 Å². The number of quaternary nitrogens is 1. The van der Waals surface area contributed by atoms with E-state index in [1.54, 1.807) is 6.20 Å². The van der Waals surface area contributed by atoms with E-state index in [1.165, 1.54) is 5.70 Å². The molecule has 186 valence electrons. The van der Waals surface area contributed by atoms with Crippen molar-refractivity contribution in [3.8, 4) is 5.82 Å². The Kier molecular flexibility index (Phi) is 7.63. The number of nitrogens with zero attached hydrogens (tertiary/aromatic N) is 7. The Morgan fingerprint density at radius 2 is 1.94 bits per heavy atom. The molecular formula is C24H30Cl2N7OS+. The second kappa shape index (κ2) is 10.4. The van der Waals surface area contributed by atoms with Gasteiger partial charge >= 0.3 is 0 Å². The first-order valence-corrected chi connectivity index (χ1v) is 12.6. The van der Waals surface area contributed by atoms with Gasteiger partial charge in [0.05, 0.1) is 30.2 Å². The molecule has 35 heavy (non-hydrogen) atoms. The number of carbonyl (C=O) groups excluding carboxylic acids is 1. The molecule has 0 bridgehead atoms. The number of anilines is 1. The highest BCUT2D eigenvalue weighted by Crippen LogP contribution is 2.38. The number of halogens is 2. The van der Waals surface area contributed by atoms with E-state index in [1.807, 2.05) is 46.5 Å². The fourth-order valence-electron chi connectivity index (χ4n) is 5.19. The van der Waals surface area contributed by atoms with Gasteiger partial charge in [-0.2, -0.15) is 14.4 Å². The Morgan fingerprint density at radius 3 is 2.66 bits per heavy atom. The topological polar surface area (TPSA) is 57.5 Å². The number of allylic oxidation sites excluding steroid dienone is 3. The third-order valence-electron chi connectivity index (χ3n) is 6.86. The highest BCUT2D eigenvalue weighted by molar-refractivity contribution is 7.99. The van der Waals surface area contributed by atoms with Crippen LogP contribution in [0.25, 0.3) is 5.82 Å². The van der Waals surface area contributed by atoms with Gasteiger partial charge in [-0.3, -0.25) is 4.79 Å². The van der Waals surface area contributed by atoms with Crippen LogP contribution in [0.1, 0.15) is 5.69 Å². The van der Waals surface area contributed by atoms with Crippen LogP contribution in [-0.4, -0.2) is 86.1 Å². The van der Waals surface area contributed by atoms with Gasteiger partial charge in [-0.05, 0) is 25.1 Å². The van der Waals surface area contributed by atoms with Crippen LogP contribution >= 0.6 is 36.6 Å². The van der Waals surface area contributed by atoms with Gasteiger partial charge in [0.2, 0.25) is 0 Å². The number of aryl methyl sites for hydroxylation is 1. The lowest BCUT2D eigenvalue weighted by Gasteiger charge is -2.44. The third-order valence-corrected chi connectivity index (χ3v) is 7.82. The smallest absolute Gasteiger partial charge is 0.256 e. The summed E-state index contributed by atoms with van der Waals surface area (Å²) >= 11 is 1.83. The molecule has 0 spiro atoms. The zero-order chi connectivity index (χ0) is 22.4. The fraction of sp³-hybridized carbons (Fsp3) is 0.375. The number of aromatic nitrogens is 3. The summed E-state index contributed by atoms with van der Waals surface area (Å²) in [5.41, 5.74) is 3.12. The average molecular weight is 536 g/mol. The Balaban J connectivity index is 0.00000144. The van der Waals surface area contributed by atoms with Gasteiger partial charge in [0.25, 0.3) is 5.91 Å². The molecule has 0 aromatic carbocycles. The lowest BCUT2D eigenvalue weighted by atomic mass is 10.2. The number of thioether (sulfide) groups is 1. The first kappa shape index (κ1) is 25.8. The quantitative estimate of drug-likeness (QED) is 0.561. The van der Waals surface area contributed by atoms with Crippen molar-refractivity contribution in [2.75, 3.05) is 55.8 Å². The maximum atomic E-state index is 13.1. The zero-order valence-corrected chi connectivity index (χ0v) is 22.1. The van der Waals surface area contributed by atoms with Crippen molar-refractivity contribution in [3.05, 3.63) is 71.9 Å². The molecule has 2 aromatic heterocycles. The van der Waals surface area contributed by atoms with E-state index in [-0.39, 0.29) is 30.7 Å². The van der Waals surface area contributed by atoms with Crippen molar-refractivity contribution in [1.82, 2.24) is 24.7 Å². The summed E-state index contributed by atoms with van der Waals surface area (Å²) in [4.78, 5) is 21.9. The van der Waals surface area contributed by atoms with Gasteiger partial charge in [-0.25, -0.2) is 4.98 Å². The van der Waals surface area contributed by atoms with Crippen molar-refractivity contribution >= 4 is 48.3 Å². The minimum Gasteiger partial charge on any atom is -0.353 e. The lowest BCUT2D eigenvalue weighted by Crippen LogP contribution is -2.60. The predicted molar refractivity (Wildman–Crippen MR) is 144 cm³/mol. The predicted octanol–water partition coefficient (Wildman–Crippen LogP) is 3.16. The molecule has 4 aliphatic heterocycles. The minimum atomic E-state index is 0. The van der Waals surface area contributed by atoms with Crippen molar-refractivity contribution in [3.63, 3.8) is 0 Å². The largest absolute Gasteiger partial charge is 0.353 e. The number of carbonyl (C=O) groups is 1. The van der Waals surface area contributed by atoms with Gasteiger partial charge in [0.15, 0.2) is 11.5 Å². The molecule has 2 aromatic rings. The van der Waals surface area contributed by atoms with E-state index in [4.69, 9.17) is 5.10 Å². The molecule has 4 aliphatic rings. The molecule has 0 aliphatic carbocycles. The number of amides is 1. The van der Waals surface area contributed by atoms with Crippen LogP contribution < -0.4 is 4.90 Å². The summed E-state index contributed by atoms with van der Waals surface area (Å²) in [6, 6.07) is 8.04. The third kappa shape index (κ3) is 4.51. The zero-order valence-electron chi connectivity index (χ0n) is 19.6. The summed E-state index contributed by atoms with van der Waals surface area (Å²) in [6.07, 6.45) is 10.5. The summed E-state index contributed by atoms with van der Waals surface area (Å²) in [6.45, 7) is 7.20. The lowest BCUT2D eigenvalue weighted by molar-refractivity contribution is -0.948. The highest BCUT2D eigenvalue weighted by atomic mass is 35.5. The number of pyridine rings is 1. The SMILES string of the molecule is Cc1cc(N2CCN([N@@+]34C=CC=C3C=C(C(=O)N3CCSC3)C4)CC2)n(-c2ccccn2)n1.Cl.Cl. The van der Waals surface area contributed by atoms with Crippen LogP contribution in [-0.2, 0) is 4.79 Å². The molecule has 0 N–H and O–H groups in total. The monoisotopic (exact) mass is 534 g/mol. The number of hydrogen-bond acceptors (Lipinski definition) is 6. The van der Waals surface area contributed by atoms with E-state index in [9.17, 15) is 4.79 Å². The molecule has 6 heterocycles. The summed E-state index contributed by atoms with van der Waals surface area (Å²) < 4.78 is 2.59. The molecule has 0 saturated carbocycles. The number of hydrogen-bond donors (Lipinski definition) is 0. The normalized spacial score (nSPS) is 23.5. The highest BCUT2D eigenvalue weighted by Gasteiger charge is 2.48. The average Bonchev–Trinajstić information content (AvgIpc) is 3.62. The molecule has 6 rings (SSSR count). The molecular weight excluding hydrogens is 505 g/mol. The van der Waals surface area contributed by atoms with Crippen LogP contribution in [0.4, 0.5) is 5.82 Å². The fourth-order valence-corrected chi connectivity index (χ4v) is 6.14. The number of rotatable bonds is 4. The number of piperazine rings is 1. The second-order valence-corrected chi connectivity index (χ2v) is 9.95. The van der Waals surface area contributed by atoms with Gasteiger partial charge in [-0.15, -0.1) is 41.6 Å². The second-order valence-electron chi connectivity index (χ2n) is 8.88. The Bertz CT molecular complexity index is 1170. The number of fused-ring (bicyclic) bond motifs is 1. The standard InChI is InChI=1S/C24H28N7OS.2ClH/c1-19-15-23(30(26-19)22-6-2-3-7-25-22)27-8-10-29(11-9-27)31-13-4-5-21(31)16-20(17-31)24(32)28-12-14-33-18-28;;/h2-7,13,15-16H,8-12,14,17-18H2,1H3;2*1H/q+1;;/t31-;;/m1../s1. The van der Waals surface area contributed by atoms with Crippen molar-refractivity contribution in [2.45, 2.75) is 6.92 Å². The van der Waals surface area contributed by atoms with E-state index in [2.05, 4.69) is 45.4 Å². The Morgan fingerprint density at radius 1 is 1.11 bits per heavy atom. The van der Waals surface area contributed by atoms with Crippen molar-refractivity contribution < 1.29 is 9.39 Å². The van der Waals surface area contributed by atoms with Crippen LogP contribution in [0.15, 0.2) is 66.2 Å². The molecule has 2 saturated heterocycles. The van der Waals surface area contributed by atoms with Crippen LogP contribution in [0.5, 0.6) is 0 Å². The maximum absolute atomic E-state index is 13.1. The van der Waals surface area contributed by atoms with Gasteiger partial charge < -0.3 is 9.80 Å². The van der Waals surface area contributed by atoms with Crippen molar-refractivity contribution in [2.24, 2.45) is 0 Å². The van der Waals surface area contributed by atoms with Gasteiger partial charge in [0.1, 0.15) is 18.6 Å². The van der Waals surface area contributed by atoms with Gasteiger partial charge in [0, 0.05) is 49.8 Å². The molecule has 11 heteroatoms.